The summed E-state index contributed by atoms with van der Waals surface area (Å²) in [6.07, 6.45) is 1.44. The second kappa shape index (κ2) is 8.62. The van der Waals surface area contributed by atoms with Crippen molar-refractivity contribution >= 4 is 27.5 Å². The number of sulfonamides is 1. The van der Waals surface area contributed by atoms with Gasteiger partial charge < -0.3 is 15.0 Å². The summed E-state index contributed by atoms with van der Waals surface area (Å²) in [6.45, 7) is 1.24. The quantitative estimate of drug-likeness (QED) is 0.717. The number of likely N-dealkylation sites (tertiary alicyclic amines) is 1. The molecule has 0 aliphatic carbocycles. The molecule has 154 valence electrons. The molecule has 8 nitrogen and oxygen atoms in total. The summed E-state index contributed by atoms with van der Waals surface area (Å²) in [4.78, 5) is 26.1. The van der Waals surface area contributed by atoms with Gasteiger partial charge in [-0.05, 0) is 49.4 Å². The predicted molar refractivity (Wildman–Crippen MR) is 108 cm³/mol. The van der Waals surface area contributed by atoms with Crippen LogP contribution in [0.5, 0.6) is 5.75 Å². The number of carbonyl (C=O) groups is 2. The van der Waals surface area contributed by atoms with Gasteiger partial charge in [0.2, 0.25) is 15.9 Å². The van der Waals surface area contributed by atoms with E-state index in [4.69, 9.17) is 4.74 Å². The summed E-state index contributed by atoms with van der Waals surface area (Å²) in [7, 11) is -1.14. The van der Waals surface area contributed by atoms with Gasteiger partial charge in [-0.2, -0.15) is 0 Å². The van der Waals surface area contributed by atoms with Crippen molar-refractivity contribution in [2.24, 2.45) is 0 Å². The number of hydrogen-bond donors (Lipinski definition) is 2. The van der Waals surface area contributed by atoms with Gasteiger partial charge in [-0.15, -0.1) is 0 Å². The molecule has 1 fully saturated rings. The normalized spacial score (nSPS) is 14.1. The SMILES string of the molecule is CNS(=O)(=O)c1cc(C(=O)Nc2cccc(CN3CCCC3=O)c2)ccc1OC. The smallest absolute Gasteiger partial charge is 0.255 e. The number of ether oxygens (including phenoxy) is 1. The molecule has 0 aromatic heterocycles. The molecule has 2 aromatic carbocycles. The van der Waals surface area contributed by atoms with Gasteiger partial charge in [-0.3, -0.25) is 9.59 Å². The number of hydrogen-bond acceptors (Lipinski definition) is 5. The van der Waals surface area contributed by atoms with E-state index in [9.17, 15) is 18.0 Å². The highest BCUT2D eigenvalue weighted by atomic mass is 32.2. The fourth-order valence-electron chi connectivity index (χ4n) is 3.18. The molecule has 2 N–H and O–H groups in total. The number of methoxy groups -OCH3 is 1. The maximum absolute atomic E-state index is 12.7. The summed E-state index contributed by atoms with van der Waals surface area (Å²) >= 11 is 0. The monoisotopic (exact) mass is 417 g/mol. The van der Waals surface area contributed by atoms with Crippen LogP contribution in [0.1, 0.15) is 28.8 Å². The van der Waals surface area contributed by atoms with E-state index < -0.39 is 15.9 Å². The van der Waals surface area contributed by atoms with Crippen LogP contribution in [-0.4, -0.2) is 45.8 Å². The van der Waals surface area contributed by atoms with E-state index in [2.05, 4.69) is 10.0 Å². The Labute approximate surface area is 169 Å². The molecule has 0 atom stereocenters. The molecule has 0 saturated carbocycles. The average molecular weight is 417 g/mol. The third-order valence-electron chi connectivity index (χ3n) is 4.71. The summed E-state index contributed by atoms with van der Waals surface area (Å²) in [5.41, 5.74) is 1.65. The molecule has 2 aromatic rings. The van der Waals surface area contributed by atoms with Crippen LogP contribution in [-0.2, 0) is 21.4 Å². The Hall–Kier alpha value is -2.91. The first-order valence-corrected chi connectivity index (χ1v) is 10.6. The zero-order valence-corrected chi connectivity index (χ0v) is 17.1. The molecule has 29 heavy (non-hydrogen) atoms. The lowest BCUT2D eigenvalue weighted by molar-refractivity contribution is -0.128. The second-order valence-electron chi connectivity index (χ2n) is 6.65. The van der Waals surface area contributed by atoms with E-state index in [1.165, 1.54) is 32.4 Å². The van der Waals surface area contributed by atoms with Crippen molar-refractivity contribution in [2.75, 3.05) is 26.0 Å². The summed E-state index contributed by atoms with van der Waals surface area (Å²) in [5.74, 6) is -0.168. The molecule has 1 aliphatic rings. The van der Waals surface area contributed by atoms with Crippen molar-refractivity contribution in [2.45, 2.75) is 24.3 Å². The first-order valence-electron chi connectivity index (χ1n) is 9.13. The molecule has 1 aliphatic heterocycles. The van der Waals surface area contributed by atoms with Crippen LogP contribution in [0.15, 0.2) is 47.4 Å². The van der Waals surface area contributed by atoms with Gasteiger partial charge in [-0.1, -0.05) is 12.1 Å². The molecule has 0 unspecified atom stereocenters. The average Bonchev–Trinajstić information content (AvgIpc) is 3.12. The van der Waals surface area contributed by atoms with Crippen molar-refractivity contribution in [3.8, 4) is 5.75 Å². The highest BCUT2D eigenvalue weighted by Gasteiger charge is 2.21. The van der Waals surface area contributed by atoms with Gasteiger partial charge in [0.1, 0.15) is 10.6 Å². The Morgan fingerprint density at radius 3 is 2.66 bits per heavy atom. The number of carbonyl (C=O) groups excluding carboxylic acids is 2. The fraction of sp³-hybridized carbons (Fsp3) is 0.300. The number of rotatable bonds is 7. The number of benzene rings is 2. The molecule has 0 spiro atoms. The van der Waals surface area contributed by atoms with E-state index in [-0.39, 0.29) is 22.1 Å². The minimum absolute atomic E-state index is 0.114. The lowest BCUT2D eigenvalue weighted by atomic mass is 10.1. The molecule has 2 amide bonds. The van der Waals surface area contributed by atoms with E-state index in [1.807, 2.05) is 6.07 Å². The largest absolute Gasteiger partial charge is 0.495 e. The molecular formula is C20H23N3O5S. The van der Waals surface area contributed by atoms with Crippen molar-refractivity contribution in [3.05, 3.63) is 53.6 Å². The van der Waals surface area contributed by atoms with Gasteiger partial charge in [-0.25, -0.2) is 13.1 Å². The van der Waals surface area contributed by atoms with Crippen molar-refractivity contribution in [1.82, 2.24) is 9.62 Å². The Kier molecular flexibility index (Phi) is 6.19. The van der Waals surface area contributed by atoms with Crippen LogP contribution in [0, 0.1) is 0 Å². The standard InChI is InChI=1S/C20H23N3O5S/c1-21-29(26,27)18-12-15(8-9-17(18)28-2)20(25)22-16-6-3-5-14(11-16)13-23-10-4-7-19(23)24/h3,5-6,8-9,11-12,21H,4,7,10,13H2,1-2H3,(H,22,25). The highest BCUT2D eigenvalue weighted by Crippen LogP contribution is 2.25. The minimum Gasteiger partial charge on any atom is -0.495 e. The predicted octanol–water partition coefficient (Wildman–Crippen LogP) is 1.98. The zero-order chi connectivity index (χ0) is 21.0. The summed E-state index contributed by atoms with van der Waals surface area (Å²) in [6, 6.07) is 11.4. The van der Waals surface area contributed by atoms with Crippen molar-refractivity contribution in [3.63, 3.8) is 0 Å². The maximum atomic E-state index is 12.7. The van der Waals surface area contributed by atoms with Crippen LogP contribution in [0.2, 0.25) is 0 Å². The van der Waals surface area contributed by atoms with Crippen LogP contribution in [0.3, 0.4) is 0 Å². The van der Waals surface area contributed by atoms with Gasteiger partial charge in [0, 0.05) is 30.8 Å². The van der Waals surface area contributed by atoms with E-state index in [0.29, 0.717) is 18.7 Å². The van der Waals surface area contributed by atoms with Crippen molar-refractivity contribution in [1.29, 1.82) is 0 Å². The Morgan fingerprint density at radius 2 is 2.00 bits per heavy atom. The lowest BCUT2D eigenvalue weighted by Gasteiger charge is -2.16. The molecule has 0 bridgehead atoms. The molecule has 0 radical (unpaired) electrons. The third kappa shape index (κ3) is 4.75. The second-order valence-corrected chi connectivity index (χ2v) is 8.50. The van der Waals surface area contributed by atoms with Crippen LogP contribution < -0.4 is 14.8 Å². The number of nitrogens with zero attached hydrogens (tertiary/aromatic N) is 1. The number of amides is 2. The topological polar surface area (TPSA) is 105 Å². The fourth-order valence-corrected chi connectivity index (χ4v) is 4.10. The summed E-state index contributed by atoms with van der Waals surface area (Å²) in [5, 5.41) is 2.77. The Bertz CT molecular complexity index is 1040. The molecular weight excluding hydrogens is 394 g/mol. The van der Waals surface area contributed by atoms with Crippen molar-refractivity contribution < 1.29 is 22.7 Å². The molecule has 1 heterocycles. The molecule has 3 rings (SSSR count). The van der Waals surface area contributed by atoms with Crippen LogP contribution in [0.4, 0.5) is 5.69 Å². The first kappa shape index (κ1) is 20.8. The van der Waals surface area contributed by atoms with E-state index >= 15 is 0 Å². The first-order chi connectivity index (χ1) is 13.8. The van der Waals surface area contributed by atoms with Gasteiger partial charge >= 0.3 is 0 Å². The Balaban J connectivity index is 1.79. The third-order valence-corrected chi connectivity index (χ3v) is 6.15. The maximum Gasteiger partial charge on any atom is 0.255 e. The van der Waals surface area contributed by atoms with Gasteiger partial charge in [0.05, 0.1) is 7.11 Å². The molecule has 1 saturated heterocycles. The highest BCUT2D eigenvalue weighted by molar-refractivity contribution is 7.89. The number of nitrogens with one attached hydrogen (secondary N) is 2. The number of anilines is 1. The van der Waals surface area contributed by atoms with Gasteiger partial charge in [0.15, 0.2) is 0 Å². The molecule has 9 heteroatoms. The Morgan fingerprint density at radius 1 is 1.21 bits per heavy atom. The zero-order valence-electron chi connectivity index (χ0n) is 16.3. The van der Waals surface area contributed by atoms with Crippen LogP contribution in [0.25, 0.3) is 0 Å². The summed E-state index contributed by atoms with van der Waals surface area (Å²) < 4.78 is 31.7. The van der Waals surface area contributed by atoms with E-state index in [0.717, 1.165) is 18.5 Å². The minimum atomic E-state index is -3.79. The lowest BCUT2D eigenvalue weighted by Crippen LogP contribution is -2.23. The van der Waals surface area contributed by atoms with Crippen LogP contribution >= 0.6 is 0 Å². The van der Waals surface area contributed by atoms with E-state index in [1.54, 1.807) is 23.1 Å². The van der Waals surface area contributed by atoms with Gasteiger partial charge in [0.25, 0.3) is 5.91 Å².